The van der Waals surface area contributed by atoms with E-state index in [9.17, 15) is 4.79 Å². The van der Waals surface area contributed by atoms with Crippen LogP contribution in [0, 0.1) is 0 Å². The molecule has 1 aromatic rings. The number of hydrogen-bond donors (Lipinski definition) is 1. The molecule has 124 valence electrons. The SMILES string of the molecule is CCN(CC)C(=O)C=CC1(c2ccccc2)C=C2C=CC=CN2N1. The zero-order valence-electron chi connectivity index (χ0n) is 14.1. The minimum absolute atomic E-state index is 0.0338. The van der Waals surface area contributed by atoms with Gasteiger partial charge in [-0.1, -0.05) is 36.4 Å². The normalized spacial score (nSPS) is 21.9. The lowest BCUT2D eigenvalue weighted by molar-refractivity contribution is -0.125. The van der Waals surface area contributed by atoms with Gasteiger partial charge < -0.3 is 4.90 Å². The number of benzene rings is 1. The van der Waals surface area contributed by atoms with Crippen LogP contribution in [0.1, 0.15) is 19.4 Å². The highest BCUT2D eigenvalue weighted by atomic mass is 16.2. The van der Waals surface area contributed by atoms with Crippen LogP contribution in [-0.2, 0) is 10.3 Å². The van der Waals surface area contributed by atoms with E-state index in [1.54, 1.807) is 6.08 Å². The predicted molar refractivity (Wildman–Crippen MR) is 96.5 cm³/mol. The standard InChI is InChI=1S/C20H23N3O/c1-3-22(4-2)19(24)13-14-20(17-10-6-5-7-11-17)16-18-12-8-9-15-23(18)21-20/h5-16,21H,3-4H2,1-2H3. The number of nitrogens with zero attached hydrogens (tertiary/aromatic N) is 2. The zero-order chi connectivity index (χ0) is 17.0. The van der Waals surface area contributed by atoms with Gasteiger partial charge in [-0.25, -0.2) is 5.43 Å². The quantitative estimate of drug-likeness (QED) is 0.847. The first-order valence-corrected chi connectivity index (χ1v) is 8.37. The first-order valence-electron chi connectivity index (χ1n) is 8.37. The molecule has 1 atom stereocenters. The maximum absolute atomic E-state index is 12.4. The van der Waals surface area contributed by atoms with E-state index in [4.69, 9.17) is 0 Å². The van der Waals surface area contributed by atoms with E-state index >= 15 is 0 Å². The van der Waals surface area contributed by atoms with Gasteiger partial charge in [-0.2, -0.15) is 0 Å². The molecule has 2 aliphatic rings. The molecule has 1 N–H and O–H groups in total. The zero-order valence-corrected chi connectivity index (χ0v) is 14.1. The number of nitrogens with one attached hydrogen (secondary N) is 1. The number of hydrogen-bond acceptors (Lipinski definition) is 3. The number of fused-ring (bicyclic) bond motifs is 1. The molecule has 0 spiro atoms. The lowest BCUT2D eigenvalue weighted by atomic mass is 9.90. The molecule has 0 aromatic heterocycles. The molecule has 24 heavy (non-hydrogen) atoms. The second-order valence-corrected chi connectivity index (χ2v) is 5.83. The van der Waals surface area contributed by atoms with Gasteiger partial charge in [0.05, 0.1) is 5.70 Å². The highest BCUT2D eigenvalue weighted by molar-refractivity contribution is 5.88. The number of likely N-dealkylation sites (N-methyl/N-ethyl adjacent to an activating group) is 1. The second-order valence-electron chi connectivity index (χ2n) is 5.83. The van der Waals surface area contributed by atoms with Crippen LogP contribution in [0.25, 0.3) is 0 Å². The second kappa shape index (κ2) is 6.89. The first kappa shape index (κ1) is 16.3. The Balaban J connectivity index is 1.96. The summed E-state index contributed by atoms with van der Waals surface area (Å²) in [5.74, 6) is 0.0338. The van der Waals surface area contributed by atoms with Crippen LogP contribution in [0.3, 0.4) is 0 Å². The Bertz CT molecular complexity index is 714. The molecule has 0 fully saturated rings. The third-order valence-electron chi connectivity index (χ3n) is 4.39. The molecule has 0 bridgehead atoms. The van der Waals surface area contributed by atoms with Crippen molar-refractivity contribution in [3.05, 3.63) is 84.2 Å². The lowest BCUT2D eigenvalue weighted by Gasteiger charge is -2.28. The fourth-order valence-corrected chi connectivity index (χ4v) is 3.03. The molecule has 0 saturated carbocycles. The Morgan fingerprint density at radius 3 is 2.62 bits per heavy atom. The molecule has 0 radical (unpaired) electrons. The van der Waals surface area contributed by atoms with Crippen LogP contribution in [-0.4, -0.2) is 28.9 Å². The van der Waals surface area contributed by atoms with E-state index in [2.05, 4.69) is 29.7 Å². The molecule has 1 aromatic carbocycles. The molecular weight excluding hydrogens is 298 g/mol. The molecule has 2 aliphatic heterocycles. The van der Waals surface area contributed by atoms with E-state index in [0.29, 0.717) is 13.1 Å². The van der Waals surface area contributed by atoms with Crippen molar-refractivity contribution in [3.63, 3.8) is 0 Å². The first-order chi connectivity index (χ1) is 11.7. The number of carbonyl (C=O) groups excluding carboxylic acids is 1. The Labute approximate surface area is 143 Å². The van der Waals surface area contributed by atoms with Crippen molar-refractivity contribution in [3.8, 4) is 0 Å². The minimum atomic E-state index is -0.529. The minimum Gasteiger partial charge on any atom is -0.340 e. The fourth-order valence-electron chi connectivity index (χ4n) is 3.03. The molecule has 2 heterocycles. The molecule has 4 heteroatoms. The highest BCUT2D eigenvalue weighted by Crippen LogP contribution is 2.34. The maximum atomic E-state index is 12.4. The average molecular weight is 321 g/mol. The van der Waals surface area contributed by atoms with Crippen LogP contribution in [0.4, 0.5) is 0 Å². The number of allylic oxidation sites excluding steroid dienone is 3. The van der Waals surface area contributed by atoms with Gasteiger partial charge in [-0.15, -0.1) is 0 Å². The van der Waals surface area contributed by atoms with Gasteiger partial charge in [0.25, 0.3) is 0 Å². The lowest BCUT2D eigenvalue weighted by Crippen LogP contribution is -2.42. The summed E-state index contributed by atoms with van der Waals surface area (Å²) in [6.45, 7) is 5.41. The summed E-state index contributed by atoms with van der Waals surface area (Å²) in [6, 6.07) is 10.2. The van der Waals surface area contributed by atoms with Crippen LogP contribution in [0.15, 0.2) is 78.7 Å². The predicted octanol–water partition coefficient (Wildman–Crippen LogP) is 3.09. The van der Waals surface area contributed by atoms with Crippen LogP contribution < -0.4 is 5.43 Å². The number of carbonyl (C=O) groups is 1. The third-order valence-corrected chi connectivity index (χ3v) is 4.39. The van der Waals surface area contributed by atoms with Crippen molar-refractivity contribution in [2.45, 2.75) is 19.4 Å². The monoisotopic (exact) mass is 321 g/mol. The third kappa shape index (κ3) is 3.05. The molecule has 4 nitrogen and oxygen atoms in total. The molecule has 0 aliphatic carbocycles. The van der Waals surface area contributed by atoms with Gasteiger partial charge in [-0.3, -0.25) is 9.80 Å². The van der Waals surface area contributed by atoms with Crippen molar-refractivity contribution in [1.82, 2.24) is 15.3 Å². The Hall–Kier alpha value is -2.59. The summed E-state index contributed by atoms with van der Waals surface area (Å²) < 4.78 is 0. The number of rotatable bonds is 5. The Morgan fingerprint density at radius 2 is 1.96 bits per heavy atom. The summed E-state index contributed by atoms with van der Waals surface area (Å²) >= 11 is 0. The summed E-state index contributed by atoms with van der Waals surface area (Å²) in [4.78, 5) is 14.2. The van der Waals surface area contributed by atoms with Gasteiger partial charge in [-0.05, 0) is 43.7 Å². The van der Waals surface area contributed by atoms with E-state index < -0.39 is 5.54 Å². The van der Waals surface area contributed by atoms with Crippen LogP contribution >= 0.6 is 0 Å². The van der Waals surface area contributed by atoms with E-state index in [-0.39, 0.29) is 5.91 Å². The van der Waals surface area contributed by atoms with E-state index in [0.717, 1.165) is 11.3 Å². The Kier molecular flexibility index (Phi) is 4.67. The smallest absolute Gasteiger partial charge is 0.246 e. The summed E-state index contributed by atoms with van der Waals surface area (Å²) in [6.07, 6.45) is 13.8. The fraction of sp³-hybridized carbons (Fsp3) is 0.250. The van der Waals surface area contributed by atoms with Crippen molar-refractivity contribution in [2.24, 2.45) is 0 Å². The number of hydrazine groups is 1. The van der Waals surface area contributed by atoms with Gasteiger partial charge >= 0.3 is 0 Å². The van der Waals surface area contributed by atoms with Gasteiger partial charge in [0.2, 0.25) is 5.91 Å². The van der Waals surface area contributed by atoms with Crippen molar-refractivity contribution in [1.29, 1.82) is 0 Å². The van der Waals surface area contributed by atoms with Crippen LogP contribution in [0.5, 0.6) is 0 Å². The molecule has 1 amide bonds. The van der Waals surface area contributed by atoms with Crippen LogP contribution in [0.2, 0.25) is 0 Å². The van der Waals surface area contributed by atoms with Gasteiger partial charge in [0.1, 0.15) is 5.54 Å². The van der Waals surface area contributed by atoms with Crippen molar-refractivity contribution >= 4 is 5.91 Å². The topological polar surface area (TPSA) is 35.6 Å². The molecular formula is C20H23N3O. The highest BCUT2D eigenvalue weighted by Gasteiger charge is 2.35. The summed E-state index contributed by atoms with van der Waals surface area (Å²) in [5.41, 5.74) is 5.13. The largest absolute Gasteiger partial charge is 0.340 e. The average Bonchev–Trinajstić information content (AvgIpc) is 3.02. The van der Waals surface area contributed by atoms with Crippen molar-refractivity contribution in [2.75, 3.05) is 13.1 Å². The maximum Gasteiger partial charge on any atom is 0.246 e. The van der Waals surface area contributed by atoms with E-state index in [1.165, 1.54) is 0 Å². The van der Waals surface area contributed by atoms with Crippen molar-refractivity contribution < 1.29 is 4.79 Å². The van der Waals surface area contributed by atoms with E-state index in [1.807, 2.05) is 66.4 Å². The summed E-state index contributed by atoms with van der Waals surface area (Å²) in [5, 5.41) is 1.99. The molecule has 3 rings (SSSR count). The van der Waals surface area contributed by atoms with Gasteiger partial charge in [0, 0.05) is 25.4 Å². The molecule has 0 saturated heterocycles. The summed E-state index contributed by atoms with van der Waals surface area (Å²) in [7, 11) is 0. The Morgan fingerprint density at radius 1 is 1.21 bits per heavy atom. The van der Waals surface area contributed by atoms with Gasteiger partial charge in [0.15, 0.2) is 0 Å². The number of amides is 1. The molecule has 1 unspecified atom stereocenters.